The molecule has 2 aliphatic rings. The van der Waals surface area contributed by atoms with E-state index < -0.39 is 80.7 Å². The zero-order valence-electron chi connectivity index (χ0n) is 23.8. The number of nitrogens with zero attached hydrogens (tertiary/aromatic N) is 6. The normalized spacial score (nSPS) is 18.8. The van der Waals surface area contributed by atoms with Crippen molar-refractivity contribution in [1.82, 2.24) is 34.9 Å². The van der Waals surface area contributed by atoms with Crippen LogP contribution in [0.4, 0.5) is 30.7 Å². The van der Waals surface area contributed by atoms with Crippen molar-refractivity contribution in [3.63, 3.8) is 0 Å². The van der Waals surface area contributed by atoms with E-state index >= 15 is 0 Å². The van der Waals surface area contributed by atoms with Crippen LogP contribution in [-0.2, 0) is 16.1 Å². The van der Waals surface area contributed by atoms with Crippen LogP contribution in [0, 0.1) is 11.8 Å². The third-order valence-electron chi connectivity index (χ3n) is 8.15. The summed E-state index contributed by atoms with van der Waals surface area (Å²) in [6.45, 7) is -3.83. The van der Waals surface area contributed by atoms with E-state index in [2.05, 4.69) is 30.4 Å². The Kier molecular flexibility index (Phi) is 9.32. The van der Waals surface area contributed by atoms with Crippen molar-refractivity contribution in [2.45, 2.75) is 88.6 Å². The van der Waals surface area contributed by atoms with E-state index in [1.54, 1.807) is 6.07 Å². The van der Waals surface area contributed by atoms with E-state index in [4.69, 9.17) is 5.73 Å². The molecule has 18 heteroatoms. The third kappa shape index (κ3) is 8.07. The minimum atomic E-state index is -4.47. The number of rotatable bonds is 13. The van der Waals surface area contributed by atoms with Crippen molar-refractivity contribution in [2.75, 3.05) is 6.61 Å². The van der Waals surface area contributed by atoms with Crippen LogP contribution in [0.15, 0.2) is 18.5 Å². The topological polar surface area (TPSA) is 142 Å². The summed E-state index contributed by atoms with van der Waals surface area (Å²) in [5, 5.41) is 15.1. The number of ether oxygens (including phenoxy) is 1. The number of carbonyl (C=O) groups excluding carboxylic acids is 2. The van der Waals surface area contributed by atoms with Gasteiger partial charge in [-0.1, -0.05) is 5.21 Å². The van der Waals surface area contributed by atoms with E-state index in [0.29, 0.717) is 16.9 Å². The molecule has 2 aliphatic carbocycles. The summed E-state index contributed by atoms with van der Waals surface area (Å²) < 4.78 is 97.9. The fourth-order valence-corrected chi connectivity index (χ4v) is 5.81. The largest absolute Gasteiger partial charge is 0.389 e. The number of nitrogens with two attached hydrogens (primary N) is 1. The Morgan fingerprint density at radius 2 is 1.84 bits per heavy atom. The summed E-state index contributed by atoms with van der Waals surface area (Å²) in [7, 11) is 0. The molecule has 0 aromatic carbocycles. The monoisotopic (exact) mass is 648 g/mol. The van der Waals surface area contributed by atoms with E-state index in [-0.39, 0.29) is 36.7 Å². The van der Waals surface area contributed by atoms with Crippen LogP contribution in [0.3, 0.4) is 0 Å². The Morgan fingerprint density at radius 1 is 1.13 bits per heavy atom. The number of hydrogen-bond donors (Lipinski definition) is 2. The standard InChI is InChI=1S/C27H31F7N8O3/c28-25(29)45-10-9-41-23(24(35)44)22(39-40-41)20(14-3-6-26(30,31)7-4-14)17-13-42-18(37-17)11-16(12-36-42)21(15-1-2-15)38-19(43)5-8-27(32,33)34/h11-15,20-21,25H,1-10H2,(H2,35,44)(H,38,43)/t20-,21+/m0/s1. The van der Waals surface area contributed by atoms with Crippen molar-refractivity contribution in [3.8, 4) is 0 Å². The number of nitrogens with one attached hydrogen (secondary N) is 1. The second-order valence-corrected chi connectivity index (χ2v) is 11.5. The van der Waals surface area contributed by atoms with Gasteiger partial charge in [-0.3, -0.25) is 9.59 Å². The van der Waals surface area contributed by atoms with Gasteiger partial charge in [0.15, 0.2) is 5.65 Å². The van der Waals surface area contributed by atoms with Gasteiger partial charge in [0.2, 0.25) is 11.8 Å². The Morgan fingerprint density at radius 3 is 2.47 bits per heavy atom. The highest BCUT2D eigenvalue weighted by atomic mass is 19.4. The highest BCUT2D eigenvalue weighted by Gasteiger charge is 2.42. The molecule has 3 N–H and O–H groups in total. The fraction of sp³-hybridized carbons (Fsp3) is 0.630. The maximum absolute atomic E-state index is 14.1. The van der Waals surface area contributed by atoms with Gasteiger partial charge >= 0.3 is 12.8 Å². The van der Waals surface area contributed by atoms with Gasteiger partial charge in [0, 0.05) is 19.3 Å². The average Bonchev–Trinajstić information content (AvgIpc) is 3.57. The average molecular weight is 649 g/mol. The molecule has 2 atom stereocenters. The number of imidazole rings is 1. The summed E-state index contributed by atoms with van der Waals surface area (Å²) in [6, 6.07) is 1.04. The first-order chi connectivity index (χ1) is 21.2. The molecule has 246 valence electrons. The maximum Gasteiger partial charge on any atom is 0.389 e. The van der Waals surface area contributed by atoms with Gasteiger partial charge in [-0.15, -0.1) is 5.10 Å². The molecule has 3 aromatic heterocycles. The number of hydrogen-bond acceptors (Lipinski definition) is 7. The van der Waals surface area contributed by atoms with Crippen LogP contribution in [0.25, 0.3) is 5.65 Å². The predicted molar refractivity (Wildman–Crippen MR) is 141 cm³/mol. The number of amides is 2. The number of alkyl halides is 7. The zero-order chi connectivity index (χ0) is 32.5. The molecule has 2 fully saturated rings. The Bertz CT molecular complexity index is 1510. The van der Waals surface area contributed by atoms with Crippen molar-refractivity contribution in [2.24, 2.45) is 17.6 Å². The van der Waals surface area contributed by atoms with Crippen LogP contribution in [0.5, 0.6) is 0 Å². The Labute approximate surface area is 251 Å². The first kappa shape index (κ1) is 32.6. The van der Waals surface area contributed by atoms with Gasteiger partial charge in [0.1, 0.15) is 11.4 Å². The molecule has 0 radical (unpaired) electrons. The van der Waals surface area contributed by atoms with Crippen LogP contribution in [-0.4, -0.2) is 66.7 Å². The lowest BCUT2D eigenvalue weighted by atomic mass is 9.75. The number of primary amides is 1. The van der Waals surface area contributed by atoms with Gasteiger partial charge in [-0.25, -0.2) is 23.0 Å². The molecule has 5 rings (SSSR count). The SMILES string of the molecule is NC(=O)c1c([C@H](c2cn3ncc([C@H](NC(=O)CCC(F)(F)F)C4CC4)cc3n2)C2CCC(F)(F)CC2)nnn1CCOC(F)F. The van der Waals surface area contributed by atoms with Gasteiger partial charge in [-0.05, 0) is 49.1 Å². The van der Waals surface area contributed by atoms with Crippen molar-refractivity contribution >= 4 is 17.5 Å². The maximum atomic E-state index is 14.1. The minimum absolute atomic E-state index is 0.0115. The molecule has 3 aromatic rings. The van der Waals surface area contributed by atoms with Crippen molar-refractivity contribution in [3.05, 3.63) is 41.1 Å². The van der Waals surface area contributed by atoms with Gasteiger partial charge < -0.3 is 15.8 Å². The summed E-state index contributed by atoms with van der Waals surface area (Å²) in [4.78, 5) is 29.5. The quantitative estimate of drug-likeness (QED) is 0.260. The molecule has 0 saturated heterocycles. The highest BCUT2D eigenvalue weighted by molar-refractivity contribution is 5.92. The molecule has 0 bridgehead atoms. The molecule has 0 spiro atoms. The first-order valence-electron chi connectivity index (χ1n) is 14.4. The summed E-state index contributed by atoms with van der Waals surface area (Å²) in [6.07, 6.45) is -2.62. The van der Waals surface area contributed by atoms with Crippen LogP contribution < -0.4 is 11.1 Å². The lowest BCUT2D eigenvalue weighted by molar-refractivity contribution is -0.144. The van der Waals surface area contributed by atoms with E-state index in [0.717, 1.165) is 17.5 Å². The summed E-state index contributed by atoms with van der Waals surface area (Å²) >= 11 is 0. The molecule has 3 heterocycles. The molecule has 0 aliphatic heterocycles. The van der Waals surface area contributed by atoms with Gasteiger partial charge in [-0.2, -0.15) is 27.1 Å². The smallest absolute Gasteiger partial charge is 0.364 e. The Balaban J connectivity index is 1.47. The number of aromatic nitrogens is 6. The number of carbonyl (C=O) groups is 2. The third-order valence-corrected chi connectivity index (χ3v) is 8.15. The second kappa shape index (κ2) is 12.9. The second-order valence-electron chi connectivity index (χ2n) is 11.5. The molecule has 11 nitrogen and oxygen atoms in total. The first-order valence-corrected chi connectivity index (χ1v) is 14.4. The Hall–Kier alpha value is -3.83. The zero-order valence-corrected chi connectivity index (χ0v) is 23.8. The lowest BCUT2D eigenvalue weighted by Crippen LogP contribution is -2.30. The summed E-state index contributed by atoms with van der Waals surface area (Å²) in [5.74, 6) is -5.88. The van der Waals surface area contributed by atoms with Crippen LogP contribution in [0.2, 0.25) is 0 Å². The van der Waals surface area contributed by atoms with Crippen molar-refractivity contribution < 1.29 is 45.1 Å². The van der Waals surface area contributed by atoms with Crippen LogP contribution in [0.1, 0.15) is 90.8 Å². The molecular weight excluding hydrogens is 617 g/mol. The van der Waals surface area contributed by atoms with E-state index in [1.165, 1.54) is 16.9 Å². The van der Waals surface area contributed by atoms with E-state index in [9.17, 15) is 40.3 Å². The summed E-state index contributed by atoms with van der Waals surface area (Å²) in [5.41, 5.74) is 6.62. The molecule has 0 unspecified atom stereocenters. The van der Waals surface area contributed by atoms with Gasteiger partial charge in [0.05, 0.1) is 49.6 Å². The number of fused-ring (bicyclic) bond motifs is 1. The molecule has 2 amide bonds. The lowest BCUT2D eigenvalue weighted by Gasteiger charge is -2.32. The van der Waals surface area contributed by atoms with Gasteiger partial charge in [0.25, 0.3) is 5.91 Å². The fourth-order valence-electron chi connectivity index (χ4n) is 5.81. The highest BCUT2D eigenvalue weighted by Crippen LogP contribution is 2.45. The molecular formula is C27H31F7N8O3. The van der Waals surface area contributed by atoms with E-state index in [1.807, 2.05) is 0 Å². The molecule has 45 heavy (non-hydrogen) atoms. The number of halogens is 7. The minimum Gasteiger partial charge on any atom is -0.364 e. The van der Waals surface area contributed by atoms with Crippen LogP contribution >= 0.6 is 0 Å². The van der Waals surface area contributed by atoms with Crippen molar-refractivity contribution in [1.29, 1.82) is 0 Å². The predicted octanol–water partition coefficient (Wildman–Crippen LogP) is 4.53. The molecule has 2 saturated carbocycles.